The quantitative estimate of drug-likeness (QED) is 0.869. The Labute approximate surface area is 118 Å². The lowest BCUT2D eigenvalue weighted by Gasteiger charge is -2.27. The summed E-state index contributed by atoms with van der Waals surface area (Å²) in [5, 5.41) is -0.0841. The molecule has 3 nitrogen and oxygen atoms in total. The molecular formula is C12H18ClNO2S2. The Balaban J connectivity index is 2.11. The minimum Gasteiger partial charge on any atom is -0.206 e. The summed E-state index contributed by atoms with van der Waals surface area (Å²) in [6, 6.07) is 3.42. The first-order valence-corrected chi connectivity index (χ1v) is 9.01. The average Bonchev–Trinajstić information content (AvgIpc) is 2.81. The van der Waals surface area contributed by atoms with E-state index in [1.54, 1.807) is 6.07 Å². The van der Waals surface area contributed by atoms with E-state index in [0.717, 1.165) is 37.0 Å². The van der Waals surface area contributed by atoms with E-state index in [4.69, 9.17) is 11.6 Å². The molecule has 1 aliphatic rings. The zero-order chi connectivity index (χ0) is 13.2. The summed E-state index contributed by atoms with van der Waals surface area (Å²) < 4.78 is 27.6. The molecule has 0 bridgehead atoms. The summed E-state index contributed by atoms with van der Waals surface area (Å²) in [5.74, 6) is 0. The first kappa shape index (κ1) is 14.3. The Morgan fingerprint density at radius 3 is 2.72 bits per heavy atom. The Bertz CT molecular complexity index is 498. The Kier molecular flexibility index (Phi) is 4.69. The molecule has 0 radical (unpaired) electrons. The Morgan fingerprint density at radius 2 is 2.11 bits per heavy atom. The third-order valence-corrected chi connectivity index (χ3v) is 6.97. The molecule has 1 fully saturated rings. The fraction of sp³-hybridized carbons (Fsp3) is 0.667. The maximum atomic E-state index is 12.2. The number of alkyl halides is 1. The fourth-order valence-electron chi connectivity index (χ4n) is 2.17. The lowest BCUT2D eigenvalue weighted by Crippen LogP contribution is -2.42. The van der Waals surface area contributed by atoms with Crippen molar-refractivity contribution in [1.82, 2.24) is 4.72 Å². The van der Waals surface area contributed by atoms with Crippen LogP contribution < -0.4 is 4.72 Å². The van der Waals surface area contributed by atoms with Gasteiger partial charge < -0.3 is 0 Å². The van der Waals surface area contributed by atoms with Gasteiger partial charge in [-0.15, -0.1) is 22.9 Å². The van der Waals surface area contributed by atoms with E-state index in [-0.39, 0.29) is 11.4 Å². The van der Waals surface area contributed by atoms with Crippen molar-refractivity contribution in [2.45, 2.75) is 54.7 Å². The maximum Gasteiger partial charge on any atom is 0.250 e. The Hall–Kier alpha value is -0.100. The topological polar surface area (TPSA) is 46.2 Å². The predicted octanol–water partition coefficient (Wildman–Crippen LogP) is 3.14. The summed E-state index contributed by atoms with van der Waals surface area (Å²) in [6.45, 7) is 2.02. The summed E-state index contributed by atoms with van der Waals surface area (Å²) in [7, 11) is -3.40. The molecule has 0 saturated heterocycles. The standard InChI is InChI=1S/C12H18ClNO2S2/c1-2-9-7-8-12(17-9)18(15,16)14-11-6-4-3-5-10(11)13/h7-8,10-11,14H,2-6H2,1H3. The van der Waals surface area contributed by atoms with Crippen LogP contribution in [0.2, 0.25) is 0 Å². The van der Waals surface area contributed by atoms with Crippen molar-refractivity contribution >= 4 is 33.0 Å². The van der Waals surface area contributed by atoms with Crippen molar-refractivity contribution in [2.24, 2.45) is 0 Å². The number of aryl methyl sites for hydroxylation is 1. The molecule has 1 N–H and O–H groups in total. The van der Waals surface area contributed by atoms with E-state index in [0.29, 0.717) is 4.21 Å². The van der Waals surface area contributed by atoms with Crippen molar-refractivity contribution in [3.63, 3.8) is 0 Å². The lowest BCUT2D eigenvalue weighted by molar-refractivity contribution is 0.418. The molecule has 0 aliphatic heterocycles. The largest absolute Gasteiger partial charge is 0.250 e. The zero-order valence-corrected chi connectivity index (χ0v) is 12.7. The summed E-state index contributed by atoms with van der Waals surface area (Å²) in [5.41, 5.74) is 0. The van der Waals surface area contributed by atoms with Crippen LogP contribution in [0.1, 0.15) is 37.5 Å². The van der Waals surface area contributed by atoms with Gasteiger partial charge in [0, 0.05) is 16.3 Å². The van der Waals surface area contributed by atoms with Crippen molar-refractivity contribution in [3.05, 3.63) is 17.0 Å². The highest BCUT2D eigenvalue weighted by molar-refractivity contribution is 7.91. The van der Waals surface area contributed by atoms with Gasteiger partial charge in [0.25, 0.3) is 0 Å². The second-order valence-electron chi connectivity index (χ2n) is 4.60. The van der Waals surface area contributed by atoms with Crippen LogP contribution in [0, 0.1) is 0 Å². The molecule has 2 rings (SSSR count). The molecular weight excluding hydrogens is 290 g/mol. The van der Waals surface area contributed by atoms with Crippen LogP contribution in [0.15, 0.2) is 16.3 Å². The molecule has 1 saturated carbocycles. The number of nitrogens with one attached hydrogen (secondary N) is 1. The van der Waals surface area contributed by atoms with E-state index in [1.165, 1.54) is 11.3 Å². The first-order valence-electron chi connectivity index (χ1n) is 6.28. The van der Waals surface area contributed by atoms with Crippen LogP contribution in [-0.2, 0) is 16.4 Å². The van der Waals surface area contributed by atoms with Crippen molar-refractivity contribution in [2.75, 3.05) is 0 Å². The lowest BCUT2D eigenvalue weighted by atomic mass is 9.96. The van der Waals surface area contributed by atoms with Crippen molar-refractivity contribution in [1.29, 1.82) is 0 Å². The van der Waals surface area contributed by atoms with Gasteiger partial charge in [0.1, 0.15) is 4.21 Å². The van der Waals surface area contributed by atoms with Gasteiger partial charge in [-0.05, 0) is 31.4 Å². The molecule has 0 amide bonds. The van der Waals surface area contributed by atoms with E-state index in [1.807, 2.05) is 13.0 Å². The number of rotatable bonds is 4. The predicted molar refractivity (Wildman–Crippen MR) is 75.9 cm³/mol. The molecule has 1 aromatic rings. The van der Waals surface area contributed by atoms with Gasteiger partial charge in [0.15, 0.2) is 0 Å². The molecule has 2 atom stereocenters. The van der Waals surface area contributed by atoms with Crippen LogP contribution in [0.5, 0.6) is 0 Å². The van der Waals surface area contributed by atoms with Crippen molar-refractivity contribution < 1.29 is 8.42 Å². The molecule has 0 aromatic carbocycles. The molecule has 102 valence electrons. The number of sulfonamides is 1. The number of halogens is 1. The second kappa shape index (κ2) is 5.90. The van der Waals surface area contributed by atoms with E-state index < -0.39 is 10.0 Å². The van der Waals surface area contributed by atoms with E-state index >= 15 is 0 Å². The highest BCUT2D eigenvalue weighted by Gasteiger charge is 2.28. The van der Waals surface area contributed by atoms with Crippen LogP contribution in [0.4, 0.5) is 0 Å². The molecule has 2 unspecified atom stereocenters. The summed E-state index contributed by atoms with van der Waals surface area (Å²) in [6.07, 6.45) is 4.72. The molecule has 1 heterocycles. The van der Waals surface area contributed by atoms with Crippen LogP contribution in [0.25, 0.3) is 0 Å². The van der Waals surface area contributed by atoms with E-state index in [2.05, 4.69) is 4.72 Å². The fourth-order valence-corrected chi connectivity index (χ4v) is 5.21. The number of hydrogen-bond donors (Lipinski definition) is 1. The normalized spacial score (nSPS) is 25.2. The van der Waals surface area contributed by atoms with Gasteiger partial charge in [0.2, 0.25) is 10.0 Å². The second-order valence-corrected chi connectivity index (χ2v) is 8.27. The van der Waals surface area contributed by atoms with Gasteiger partial charge in [-0.2, -0.15) is 0 Å². The smallest absolute Gasteiger partial charge is 0.206 e. The van der Waals surface area contributed by atoms with Crippen LogP contribution in [0.3, 0.4) is 0 Å². The van der Waals surface area contributed by atoms with Crippen molar-refractivity contribution in [3.8, 4) is 0 Å². The molecule has 18 heavy (non-hydrogen) atoms. The number of hydrogen-bond acceptors (Lipinski definition) is 3. The third kappa shape index (κ3) is 3.26. The van der Waals surface area contributed by atoms with Crippen LogP contribution in [-0.4, -0.2) is 19.8 Å². The molecule has 1 aromatic heterocycles. The Morgan fingerprint density at radius 1 is 1.39 bits per heavy atom. The minimum absolute atomic E-state index is 0.0841. The van der Waals surface area contributed by atoms with Gasteiger partial charge in [-0.1, -0.05) is 19.8 Å². The minimum atomic E-state index is -3.40. The summed E-state index contributed by atoms with van der Waals surface area (Å²) in [4.78, 5) is 1.08. The van der Waals surface area contributed by atoms with Gasteiger partial charge >= 0.3 is 0 Å². The highest BCUT2D eigenvalue weighted by Crippen LogP contribution is 2.27. The van der Waals surface area contributed by atoms with Gasteiger partial charge in [0.05, 0.1) is 0 Å². The van der Waals surface area contributed by atoms with E-state index in [9.17, 15) is 8.42 Å². The zero-order valence-electron chi connectivity index (χ0n) is 10.4. The van der Waals surface area contributed by atoms with Gasteiger partial charge in [-0.25, -0.2) is 13.1 Å². The maximum absolute atomic E-state index is 12.2. The molecule has 0 spiro atoms. The molecule has 6 heteroatoms. The monoisotopic (exact) mass is 307 g/mol. The SMILES string of the molecule is CCc1ccc(S(=O)(=O)NC2CCCCC2Cl)s1. The summed E-state index contributed by atoms with van der Waals surface area (Å²) >= 11 is 7.52. The molecule has 1 aliphatic carbocycles. The van der Waals surface area contributed by atoms with Gasteiger partial charge in [-0.3, -0.25) is 0 Å². The highest BCUT2D eigenvalue weighted by atomic mass is 35.5. The first-order chi connectivity index (χ1) is 8.53. The average molecular weight is 308 g/mol. The third-order valence-electron chi connectivity index (χ3n) is 3.24. The number of thiophene rings is 1. The van der Waals surface area contributed by atoms with Crippen LogP contribution >= 0.6 is 22.9 Å².